The van der Waals surface area contributed by atoms with Crippen LogP contribution in [0.3, 0.4) is 0 Å². The molecule has 0 radical (unpaired) electrons. The Hall–Kier alpha value is -2.41. The second-order valence-electron chi connectivity index (χ2n) is 8.02. The van der Waals surface area contributed by atoms with Crippen molar-refractivity contribution in [2.75, 3.05) is 31.1 Å². The van der Waals surface area contributed by atoms with Crippen molar-refractivity contribution in [1.29, 1.82) is 0 Å². The van der Waals surface area contributed by atoms with E-state index in [4.69, 9.17) is 0 Å². The van der Waals surface area contributed by atoms with Crippen molar-refractivity contribution in [2.24, 2.45) is 7.05 Å². The molecule has 1 atom stereocenters. The van der Waals surface area contributed by atoms with E-state index in [1.165, 1.54) is 0 Å². The third-order valence-electron chi connectivity index (χ3n) is 5.90. The van der Waals surface area contributed by atoms with Gasteiger partial charge in [0, 0.05) is 63.9 Å². The smallest absolute Gasteiger partial charge is 0.255 e. The molecule has 3 rings (SSSR count). The van der Waals surface area contributed by atoms with Gasteiger partial charge in [0.25, 0.3) is 5.91 Å². The number of imidazole rings is 1. The van der Waals surface area contributed by atoms with Crippen LogP contribution in [0.4, 0.5) is 5.82 Å². The first kappa shape index (κ1) is 21.3. The monoisotopic (exact) mass is 398 g/mol. The molecule has 7 heteroatoms. The van der Waals surface area contributed by atoms with E-state index in [1.807, 2.05) is 34.8 Å². The first-order valence-corrected chi connectivity index (χ1v) is 10.7. The van der Waals surface area contributed by atoms with Crippen LogP contribution in [0.15, 0.2) is 30.7 Å². The molecule has 1 amide bonds. The average molecular weight is 399 g/mol. The maximum atomic E-state index is 13.0. The number of rotatable bonds is 7. The molecule has 0 aromatic carbocycles. The van der Waals surface area contributed by atoms with Crippen LogP contribution in [0.5, 0.6) is 0 Å². The molecule has 0 bridgehead atoms. The molecule has 0 aliphatic carbocycles. The fourth-order valence-corrected chi connectivity index (χ4v) is 4.05. The van der Waals surface area contributed by atoms with Crippen molar-refractivity contribution in [2.45, 2.75) is 52.7 Å². The summed E-state index contributed by atoms with van der Waals surface area (Å²) in [6.45, 7) is 12.8. The zero-order valence-electron chi connectivity index (χ0n) is 18.4. The van der Waals surface area contributed by atoms with Crippen LogP contribution < -0.4 is 4.90 Å². The second-order valence-corrected chi connectivity index (χ2v) is 8.02. The molecule has 2 aromatic heterocycles. The number of amides is 1. The number of aromatic nitrogens is 3. The lowest BCUT2D eigenvalue weighted by Crippen LogP contribution is -2.56. The van der Waals surface area contributed by atoms with Crippen LogP contribution in [0.2, 0.25) is 0 Å². The third kappa shape index (κ3) is 4.78. The molecule has 0 saturated carbocycles. The van der Waals surface area contributed by atoms with E-state index in [9.17, 15) is 4.79 Å². The molecule has 1 saturated heterocycles. The van der Waals surface area contributed by atoms with Gasteiger partial charge in [-0.1, -0.05) is 6.92 Å². The molecule has 0 N–H and O–H groups in total. The van der Waals surface area contributed by atoms with E-state index >= 15 is 0 Å². The molecule has 2 aromatic rings. The Morgan fingerprint density at radius 3 is 2.59 bits per heavy atom. The fourth-order valence-electron chi connectivity index (χ4n) is 4.05. The highest BCUT2D eigenvalue weighted by molar-refractivity contribution is 5.94. The van der Waals surface area contributed by atoms with E-state index < -0.39 is 0 Å². The molecule has 29 heavy (non-hydrogen) atoms. The van der Waals surface area contributed by atoms with Crippen molar-refractivity contribution in [3.63, 3.8) is 0 Å². The van der Waals surface area contributed by atoms with E-state index in [0.29, 0.717) is 24.2 Å². The molecule has 158 valence electrons. The maximum absolute atomic E-state index is 13.0. The molecular formula is C22H34N6O. The lowest BCUT2D eigenvalue weighted by Gasteiger charge is -2.43. The van der Waals surface area contributed by atoms with Gasteiger partial charge in [-0.25, -0.2) is 9.97 Å². The molecule has 3 heterocycles. The van der Waals surface area contributed by atoms with Crippen molar-refractivity contribution < 1.29 is 4.79 Å². The van der Waals surface area contributed by atoms with Gasteiger partial charge in [0.2, 0.25) is 0 Å². The Labute approximate surface area is 174 Å². The van der Waals surface area contributed by atoms with Crippen LogP contribution in [0.25, 0.3) is 0 Å². The zero-order chi connectivity index (χ0) is 21.0. The van der Waals surface area contributed by atoms with E-state index in [-0.39, 0.29) is 5.91 Å². The van der Waals surface area contributed by atoms with Gasteiger partial charge >= 0.3 is 0 Å². The molecule has 7 nitrogen and oxygen atoms in total. The van der Waals surface area contributed by atoms with Crippen LogP contribution in [0.1, 0.15) is 50.3 Å². The summed E-state index contributed by atoms with van der Waals surface area (Å²) in [5.74, 6) is 1.93. The van der Waals surface area contributed by atoms with Crippen LogP contribution in [-0.4, -0.2) is 68.5 Å². The first-order valence-electron chi connectivity index (χ1n) is 10.7. The molecule has 1 aliphatic rings. The van der Waals surface area contributed by atoms with Crippen molar-refractivity contribution >= 4 is 11.7 Å². The van der Waals surface area contributed by atoms with Gasteiger partial charge in [-0.3, -0.25) is 9.69 Å². The Kier molecular flexibility index (Phi) is 6.90. The van der Waals surface area contributed by atoms with Gasteiger partial charge in [0.1, 0.15) is 11.6 Å². The molecule has 1 fully saturated rings. The normalized spacial score (nSPS) is 17.7. The summed E-state index contributed by atoms with van der Waals surface area (Å²) < 4.78 is 2.02. The molecule has 1 aliphatic heterocycles. The van der Waals surface area contributed by atoms with E-state index in [1.54, 1.807) is 12.4 Å². The number of hydrogen-bond acceptors (Lipinski definition) is 5. The van der Waals surface area contributed by atoms with Crippen molar-refractivity contribution in [3.8, 4) is 0 Å². The van der Waals surface area contributed by atoms with Gasteiger partial charge in [-0.15, -0.1) is 0 Å². The van der Waals surface area contributed by atoms with Gasteiger partial charge < -0.3 is 14.4 Å². The van der Waals surface area contributed by atoms with Crippen LogP contribution >= 0.6 is 0 Å². The van der Waals surface area contributed by atoms with Gasteiger partial charge in [-0.05, 0) is 39.3 Å². The largest absolute Gasteiger partial charge is 0.349 e. The summed E-state index contributed by atoms with van der Waals surface area (Å²) in [7, 11) is 1.99. The van der Waals surface area contributed by atoms with Gasteiger partial charge in [0.05, 0.1) is 12.1 Å². The highest BCUT2D eigenvalue weighted by atomic mass is 16.2. The lowest BCUT2D eigenvalue weighted by molar-refractivity contribution is 0.0371. The van der Waals surface area contributed by atoms with Gasteiger partial charge in [0.15, 0.2) is 0 Å². The SMILES string of the molecule is CC[C@H]1CN(C(=O)c2ccc(N(CC)Cc3nccn3C)nc2)CCN1C(C)C. The Morgan fingerprint density at radius 2 is 2.03 bits per heavy atom. The predicted molar refractivity (Wildman–Crippen MR) is 116 cm³/mol. The number of carbonyl (C=O) groups is 1. The minimum atomic E-state index is 0.0815. The first-order chi connectivity index (χ1) is 13.9. The zero-order valence-corrected chi connectivity index (χ0v) is 18.4. The summed E-state index contributed by atoms with van der Waals surface area (Å²) in [5.41, 5.74) is 0.662. The standard InChI is InChI=1S/C22H34N6O/c1-6-19-15-27(12-13-28(19)17(3)4)22(29)18-8-9-20(24-14-18)26(7-2)16-21-23-10-11-25(21)5/h8-11,14,17,19H,6-7,12-13,15-16H2,1-5H3/t19-/m0/s1. The van der Waals surface area contributed by atoms with E-state index in [0.717, 1.165) is 44.2 Å². The number of pyridine rings is 1. The summed E-state index contributed by atoms with van der Waals surface area (Å²) in [6, 6.07) is 4.79. The van der Waals surface area contributed by atoms with Crippen molar-refractivity contribution in [1.82, 2.24) is 24.3 Å². The minimum Gasteiger partial charge on any atom is -0.349 e. The van der Waals surface area contributed by atoms with Crippen LogP contribution in [-0.2, 0) is 13.6 Å². The third-order valence-corrected chi connectivity index (χ3v) is 5.90. The Morgan fingerprint density at radius 1 is 1.24 bits per heavy atom. The highest BCUT2D eigenvalue weighted by Crippen LogP contribution is 2.19. The number of anilines is 1. The Bertz CT molecular complexity index is 800. The summed E-state index contributed by atoms with van der Waals surface area (Å²) in [4.78, 5) is 28.7. The second kappa shape index (κ2) is 9.39. The number of hydrogen-bond donors (Lipinski definition) is 0. The highest BCUT2D eigenvalue weighted by Gasteiger charge is 2.30. The lowest BCUT2D eigenvalue weighted by atomic mass is 10.1. The number of nitrogens with zero attached hydrogens (tertiary/aromatic N) is 6. The number of aryl methyl sites for hydroxylation is 1. The topological polar surface area (TPSA) is 57.5 Å². The molecule has 0 spiro atoms. The predicted octanol–water partition coefficient (Wildman–Crippen LogP) is 2.79. The fraction of sp³-hybridized carbons (Fsp3) is 0.591. The summed E-state index contributed by atoms with van der Waals surface area (Å²) >= 11 is 0. The van der Waals surface area contributed by atoms with Gasteiger partial charge in [-0.2, -0.15) is 0 Å². The number of carbonyl (C=O) groups excluding carboxylic acids is 1. The minimum absolute atomic E-state index is 0.0815. The van der Waals surface area contributed by atoms with Crippen molar-refractivity contribution in [3.05, 3.63) is 42.1 Å². The van der Waals surface area contributed by atoms with E-state index in [2.05, 4.69) is 47.5 Å². The average Bonchev–Trinajstić information content (AvgIpc) is 3.15. The quantitative estimate of drug-likeness (QED) is 0.718. The molecule has 0 unspecified atom stereocenters. The van der Waals surface area contributed by atoms with Crippen LogP contribution in [0, 0.1) is 0 Å². The maximum Gasteiger partial charge on any atom is 0.255 e. The number of piperazine rings is 1. The summed E-state index contributed by atoms with van der Waals surface area (Å²) in [6.07, 6.45) is 6.52. The Balaban J connectivity index is 1.67. The summed E-state index contributed by atoms with van der Waals surface area (Å²) in [5, 5.41) is 0. The molecular weight excluding hydrogens is 364 g/mol.